The van der Waals surface area contributed by atoms with E-state index >= 15 is 0 Å². The third kappa shape index (κ3) is 4.22. The molecule has 5 nitrogen and oxygen atoms in total. The fourth-order valence-corrected chi connectivity index (χ4v) is 2.10. The van der Waals surface area contributed by atoms with Gasteiger partial charge in [0.2, 0.25) is 5.91 Å². The van der Waals surface area contributed by atoms with E-state index in [1.807, 2.05) is 31.2 Å². The summed E-state index contributed by atoms with van der Waals surface area (Å²) in [7, 11) is 1.77. The molecule has 1 N–H and O–H groups in total. The number of nitrogens with one attached hydrogen (secondary N) is 1. The highest BCUT2D eigenvalue weighted by Crippen LogP contribution is 2.10. The monoisotopic (exact) mass is 300 g/mol. The molecule has 1 aromatic heterocycles. The van der Waals surface area contributed by atoms with Gasteiger partial charge < -0.3 is 14.6 Å². The molecule has 0 saturated carbocycles. The maximum Gasteiger partial charge on any atom is 0.286 e. The largest absolute Gasteiger partial charge is 0.459 e. The highest BCUT2D eigenvalue weighted by Gasteiger charge is 2.12. The summed E-state index contributed by atoms with van der Waals surface area (Å²) in [5.41, 5.74) is 2.28. The van der Waals surface area contributed by atoms with Gasteiger partial charge in [0.25, 0.3) is 5.91 Å². The lowest BCUT2D eigenvalue weighted by Crippen LogP contribution is -2.31. The fourth-order valence-electron chi connectivity index (χ4n) is 2.10. The fraction of sp³-hybridized carbons (Fsp3) is 0.294. The van der Waals surface area contributed by atoms with Gasteiger partial charge >= 0.3 is 0 Å². The lowest BCUT2D eigenvalue weighted by molar-refractivity contribution is -0.130. The maximum atomic E-state index is 12.1. The summed E-state index contributed by atoms with van der Waals surface area (Å²) in [5.74, 6) is -0.0666. The van der Waals surface area contributed by atoms with Crippen LogP contribution in [0.2, 0.25) is 0 Å². The Hall–Kier alpha value is -2.56. The third-order valence-corrected chi connectivity index (χ3v) is 3.46. The van der Waals surface area contributed by atoms with Crippen molar-refractivity contribution in [3.63, 3.8) is 0 Å². The second-order valence-electron chi connectivity index (χ2n) is 5.16. The van der Waals surface area contributed by atoms with Gasteiger partial charge in [0.1, 0.15) is 0 Å². The lowest BCUT2D eigenvalue weighted by atomic mass is 10.1. The molecular weight excluding hydrogens is 280 g/mol. The molecule has 5 heteroatoms. The van der Waals surface area contributed by atoms with Gasteiger partial charge in [-0.15, -0.1) is 0 Å². The molecule has 0 aliphatic heterocycles. The van der Waals surface area contributed by atoms with E-state index in [2.05, 4.69) is 5.32 Å². The molecule has 0 unspecified atom stereocenters. The van der Waals surface area contributed by atoms with Crippen molar-refractivity contribution in [1.29, 1.82) is 0 Å². The summed E-state index contributed by atoms with van der Waals surface area (Å²) in [5, 5.41) is 2.67. The van der Waals surface area contributed by atoms with Crippen molar-refractivity contribution in [1.82, 2.24) is 10.2 Å². The molecule has 0 atom stereocenters. The van der Waals surface area contributed by atoms with Gasteiger partial charge in [-0.3, -0.25) is 9.59 Å². The number of amides is 2. The Labute approximate surface area is 129 Å². The van der Waals surface area contributed by atoms with Crippen LogP contribution in [0.3, 0.4) is 0 Å². The highest BCUT2D eigenvalue weighted by atomic mass is 16.3. The topological polar surface area (TPSA) is 62.6 Å². The first-order chi connectivity index (χ1) is 10.6. The summed E-state index contributed by atoms with van der Waals surface area (Å²) in [6, 6.07) is 11.2. The number of carbonyl (C=O) groups is 2. The van der Waals surface area contributed by atoms with E-state index in [1.54, 1.807) is 24.1 Å². The molecule has 2 rings (SSSR count). The zero-order chi connectivity index (χ0) is 15.9. The van der Waals surface area contributed by atoms with Crippen molar-refractivity contribution >= 4 is 11.8 Å². The number of aryl methyl sites for hydroxylation is 1. The molecule has 0 bridgehead atoms. The van der Waals surface area contributed by atoms with Gasteiger partial charge in [0, 0.05) is 26.6 Å². The molecule has 0 radical (unpaired) electrons. The van der Waals surface area contributed by atoms with Crippen molar-refractivity contribution in [2.45, 2.75) is 19.9 Å². The van der Waals surface area contributed by atoms with Crippen molar-refractivity contribution < 1.29 is 14.0 Å². The number of benzene rings is 1. The summed E-state index contributed by atoms with van der Waals surface area (Å²) >= 11 is 0. The van der Waals surface area contributed by atoms with Gasteiger partial charge in [-0.25, -0.2) is 0 Å². The van der Waals surface area contributed by atoms with Gasteiger partial charge in [-0.2, -0.15) is 0 Å². The van der Waals surface area contributed by atoms with Crippen LogP contribution in [0.25, 0.3) is 0 Å². The van der Waals surface area contributed by atoms with Crippen LogP contribution in [0.4, 0.5) is 0 Å². The van der Waals surface area contributed by atoms with Crippen molar-refractivity contribution in [2.24, 2.45) is 0 Å². The lowest BCUT2D eigenvalue weighted by Gasteiger charge is -2.18. The molecule has 0 aliphatic carbocycles. The molecule has 0 fully saturated rings. The van der Waals surface area contributed by atoms with Crippen LogP contribution < -0.4 is 5.32 Å². The molecule has 0 aliphatic rings. The van der Waals surface area contributed by atoms with E-state index in [-0.39, 0.29) is 30.5 Å². The zero-order valence-electron chi connectivity index (χ0n) is 12.8. The zero-order valence-corrected chi connectivity index (χ0v) is 12.8. The Morgan fingerprint density at radius 2 is 1.95 bits per heavy atom. The molecular formula is C17H20N2O3. The number of rotatable bonds is 6. The van der Waals surface area contributed by atoms with Crippen LogP contribution in [-0.4, -0.2) is 30.3 Å². The summed E-state index contributed by atoms with van der Waals surface area (Å²) in [6.07, 6.45) is 1.70. The minimum atomic E-state index is -0.306. The highest BCUT2D eigenvalue weighted by molar-refractivity contribution is 5.91. The summed E-state index contributed by atoms with van der Waals surface area (Å²) in [6.45, 7) is 2.88. The normalized spacial score (nSPS) is 10.3. The second kappa shape index (κ2) is 7.45. The average Bonchev–Trinajstić information content (AvgIpc) is 3.03. The van der Waals surface area contributed by atoms with Gasteiger partial charge in [-0.1, -0.05) is 24.3 Å². The predicted octanol–water partition coefficient (Wildman–Crippen LogP) is 2.37. The van der Waals surface area contributed by atoms with Crippen LogP contribution in [0, 0.1) is 6.92 Å². The van der Waals surface area contributed by atoms with E-state index in [4.69, 9.17) is 4.42 Å². The van der Waals surface area contributed by atoms with Crippen LogP contribution >= 0.6 is 0 Å². The SMILES string of the molecule is Cc1ccccc1CN(C)C(=O)CCNC(=O)c1ccco1. The van der Waals surface area contributed by atoms with Gasteiger partial charge in [0.15, 0.2) is 5.76 Å². The Bertz CT molecular complexity index is 635. The van der Waals surface area contributed by atoms with E-state index in [0.29, 0.717) is 6.54 Å². The Morgan fingerprint density at radius 3 is 2.64 bits per heavy atom. The van der Waals surface area contributed by atoms with Gasteiger partial charge in [-0.05, 0) is 30.2 Å². The number of hydrogen-bond donors (Lipinski definition) is 1. The Morgan fingerprint density at radius 1 is 1.18 bits per heavy atom. The van der Waals surface area contributed by atoms with Crippen molar-refractivity contribution in [2.75, 3.05) is 13.6 Å². The number of nitrogens with zero attached hydrogens (tertiary/aromatic N) is 1. The van der Waals surface area contributed by atoms with E-state index in [9.17, 15) is 9.59 Å². The smallest absolute Gasteiger partial charge is 0.286 e. The van der Waals surface area contributed by atoms with E-state index < -0.39 is 0 Å². The molecule has 2 amide bonds. The summed E-state index contributed by atoms with van der Waals surface area (Å²) < 4.78 is 4.99. The number of hydrogen-bond acceptors (Lipinski definition) is 3. The first kappa shape index (κ1) is 15.8. The first-order valence-corrected chi connectivity index (χ1v) is 7.18. The standard InChI is InChI=1S/C17H20N2O3/c1-13-6-3-4-7-14(13)12-19(2)16(20)9-10-18-17(21)15-8-5-11-22-15/h3-8,11H,9-10,12H2,1-2H3,(H,18,21). The average molecular weight is 300 g/mol. The second-order valence-corrected chi connectivity index (χ2v) is 5.16. The predicted molar refractivity (Wildman–Crippen MR) is 83.3 cm³/mol. The minimum absolute atomic E-state index is 0.0111. The molecule has 0 saturated heterocycles. The minimum Gasteiger partial charge on any atom is -0.459 e. The molecule has 2 aromatic rings. The molecule has 116 valence electrons. The quantitative estimate of drug-likeness (QED) is 0.891. The van der Waals surface area contributed by atoms with Crippen LogP contribution in [0.15, 0.2) is 47.1 Å². The Balaban J connectivity index is 1.77. The number of carbonyl (C=O) groups excluding carboxylic acids is 2. The van der Waals surface area contributed by atoms with Gasteiger partial charge in [0.05, 0.1) is 6.26 Å². The van der Waals surface area contributed by atoms with Crippen LogP contribution in [0.1, 0.15) is 28.1 Å². The molecule has 22 heavy (non-hydrogen) atoms. The number of furan rings is 1. The van der Waals surface area contributed by atoms with Crippen LogP contribution in [0.5, 0.6) is 0 Å². The first-order valence-electron chi connectivity index (χ1n) is 7.18. The van der Waals surface area contributed by atoms with Crippen molar-refractivity contribution in [3.05, 3.63) is 59.5 Å². The third-order valence-electron chi connectivity index (χ3n) is 3.46. The van der Waals surface area contributed by atoms with E-state index in [0.717, 1.165) is 11.1 Å². The Kier molecular flexibility index (Phi) is 5.36. The van der Waals surface area contributed by atoms with Crippen molar-refractivity contribution in [3.8, 4) is 0 Å². The summed E-state index contributed by atoms with van der Waals surface area (Å²) in [4.78, 5) is 25.4. The molecule has 1 heterocycles. The molecule has 1 aromatic carbocycles. The molecule has 0 spiro atoms. The van der Waals surface area contributed by atoms with Crippen LogP contribution in [-0.2, 0) is 11.3 Å². The maximum absolute atomic E-state index is 12.1. The van der Waals surface area contributed by atoms with E-state index in [1.165, 1.54) is 6.26 Å².